The van der Waals surface area contributed by atoms with E-state index in [0.29, 0.717) is 5.02 Å². The number of halogens is 2. The first kappa shape index (κ1) is 12.6. The Balaban J connectivity index is 2.06. The van der Waals surface area contributed by atoms with Crippen molar-refractivity contribution in [3.63, 3.8) is 0 Å². The largest absolute Gasteiger partial charge is 0.207 e. The molecule has 0 aliphatic carbocycles. The summed E-state index contributed by atoms with van der Waals surface area (Å²) in [5.41, 5.74) is 1.93. The zero-order chi connectivity index (χ0) is 12.8. The van der Waals surface area contributed by atoms with E-state index in [2.05, 4.69) is 0 Å². The van der Waals surface area contributed by atoms with E-state index in [1.165, 1.54) is 12.1 Å². The van der Waals surface area contributed by atoms with Crippen LogP contribution < -0.4 is 0 Å². The molecular weight excluding hydrogens is 247 g/mol. The van der Waals surface area contributed by atoms with Gasteiger partial charge in [-0.2, -0.15) is 0 Å². The molecule has 90 valence electrons. The molecule has 0 N–H and O–H groups in total. The lowest BCUT2D eigenvalue weighted by Crippen LogP contribution is -1.77. The van der Waals surface area contributed by atoms with E-state index in [4.69, 9.17) is 11.6 Å². The van der Waals surface area contributed by atoms with Crippen molar-refractivity contribution in [2.24, 2.45) is 0 Å². The molecule has 0 heterocycles. The quantitative estimate of drug-likeness (QED) is 0.664. The predicted octanol–water partition coefficient (Wildman–Crippen LogP) is 5.21. The van der Waals surface area contributed by atoms with E-state index in [1.54, 1.807) is 6.07 Å². The highest BCUT2D eigenvalue weighted by Gasteiger charge is 1.97. The van der Waals surface area contributed by atoms with E-state index in [-0.39, 0.29) is 5.82 Å². The van der Waals surface area contributed by atoms with Crippen LogP contribution in [0.1, 0.15) is 11.1 Å². The molecule has 2 heteroatoms. The SMILES string of the molecule is Fc1ccc(/C=C/C=C/c2ccccc2)c(Cl)c1. The molecule has 0 amide bonds. The van der Waals surface area contributed by atoms with Crippen LogP contribution in [0.2, 0.25) is 5.02 Å². The average Bonchev–Trinajstić information content (AvgIpc) is 2.38. The summed E-state index contributed by atoms with van der Waals surface area (Å²) in [7, 11) is 0. The van der Waals surface area contributed by atoms with Gasteiger partial charge in [-0.05, 0) is 23.3 Å². The third kappa shape index (κ3) is 3.57. The lowest BCUT2D eigenvalue weighted by Gasteiger charge is -1.96. The van der Waals surface area contributed by atoms with E-state index in [1.807, 2.05) is 54.6 Å². The van der Waals surface area contributed by atoms with Gasteiger partial charge in [-0.1, -0.05) is 72.3 Å². The predicted molar refractivity (Wildman–Crippen MR) is 75.9 cm³/mol. The van der Waals surface area contributed by atoms with Gasteiger partial charge in [-0.15, -0.1) is 0 Å². The number of benzene rings is 2. The Hall–Kier alpha value is -1.86. The van der Waals surface area contributed by atoms with Crippen molar-refractivity contribution >= 4 is 23.8 Å². The molecule has 0 radical (unpaired) electrons. The molecule has 0 nitrogen and oxygen atoms in total. The highest BCUT2D eigenvalue weighted by molar-refractivity contribution is 6.32. The normalized spacial score (nSPS) is 11.4. The van der Waals surface area contributed by atoms with Crippen molar-refractivity contribution in [3.8, 4) is 0 Å². The van der Waals surface area contributed by atoms with Gasteiger partial charge in [0, 0.05) is 0 Å². The molecule has 0 aromatic heterocycles. The number of hydrogen-bond acceptors (Lipinski definition) is 0. The molecular formula is C16H12ClF. The van der Waals surface area contributed by atoms with Crippen molar-refractivity contribution in [2.45, 2.75) is 0 Å². The summed E-state index contributed by atoms with van der Waals surface area (Å²) < 4.78 is 12.8. The molecule has 2 aromatic rings. The Morgan fingerprint density at radius 1 is 0.889 bits per heavy atom. The fraction of sp³-hybridized carbons (Fsp3) is 0. The molecule has 0 bridgehead atoms. The number of hydrogen-bond donors (Lipinski definition) is 0. The minimum Gasteiger partial charge on any atom is -0.207 e. The molecule has 0 atom stereocenters. The summed E-state index contributed by atoms with van der Waals surface area (Å²) in [5, 5.41) is 0.416. The van der Waals surface area contributed by atoms with Crippen LogP contribution in [-0.4, -0.2) is 0 Å². The lowest BCUT2D eigenvalue weighted by molar-refractivity contribution is 0.628. The van der Waals surface area contributed by atoms with Gasteiger partial charge in [0.2, 0.25) is 0 Å². The maximum absolute atomic E-state index is 12.8. The Morgan fingerprint density at radius 2 is 1.61 bits per heavy atom. The Bertz CT molecular complexity index is 571. The first-order chi connectivity index (χ1) is 8.75. The summed E-state index contributed by atoms with van der Waals surface area (Å²) >= 11 is 5.91. The highest BCUT2D eigenvalue weighted by Crippen LogP contribution is 2.18. The molecule has 2 rings (SSSR count). The molecule has 0 aliphatic rings. The summed E-state index contributed by atoms with van der Waals surface area (Å²) in [6, 6.07) is 14.4. The topological polar surface area (TPSA) is 0 Å². The van der Waals surface area contributed by atoms with Crippen LogP contribution in [0.5, 0.6) is 0 Å². The van der Waals surface area contributed by atoms with Gasteiger partial charge in [0.15, 0.2) is 0 Å². The zero-order valence-corrected chi connectivity index (χ0v) is 10.4. The van der Waals surface area contributed by atoms with Crippen LogP contribution in [0.3, 0.4) is 0 Å². The molecule has 0 fully saturated rings. The Morgan fingerprint density at radius 3 is 2.33 bits per heavy atom. The lowest BCUT2D eigenvalue weighted by atomic mass is 10.2. The van der Waals surface area contributed by atoms with Crippen LogP contribution in [0.15, 0.2) is 60.7 Å². The van der Waals surface area contributed by atoms with Gasteiger partial charge in [0.05, 0.1) is 5.02 Å². The summed E-state index contributed by atoms with van der Waals surface area (Å²) in [4.78, 5) is 0. The van der Waals surface area contributed by atoms with E-state index < -0.39 is 0 Å². The highest BCUT2D eigenvalue weighted by atomic mass is 35.5. The molecule has 18 heavy (non-hydrogen) atoms. The third-order valence-corrected chi connectivity index (χ3v) is 2.76. The minimum absolute atomic E-state index is 0.322. The van der Waals surface area contributed by atoms with E-state index in [0.717, 1.165) is 11.1 Å². The van der Waals surface area contributed by atoms with Gasteiger partial charge >= 0.3 is 0 Å². The van der Waals surface area contributed by atoms with Crippen LogP contribution in [-0.2, 0) is 0 Å². The maximum atomic E-state index is 12.8. The monoisotopic (exact) mass is 258 g/mol. The Labute approximate surface area is 111 Å². The zero-order valence-electron chi connectivity index (χ0n) is 9.68. The van der Waals surface area contributed by atoms with Crippen LogP contribution in [0.4, 0.5) is 4.39 Å². The standard InChI is InChI=1S/C16H12ClF/c17-16-12-15(18)11-10-14(16)9-5-4-8-13-6-2-1-3-7-13/h1-12H/b8-4+,9-5+. The first-order valence-corrected chi connectivity index (χ1v) is 5.98. The maximum Gasteiger partial charge on any atom is 0.124 e. The van der Waals surface area contributed by atoms with Gasteiger partial charge in [-0.25, -0.2) is 4.39 Å². The summed E-state index contributed by atoms with van der Waals surface area (Å²) in [5.74, 6) is -0.322. The van der Waals surface area contributed by atoms with Crippen LogP contribution in [0, 0.1) is 5.82 Å². The van der Waals surface area contributed by atoms with Gasteiger partial charge in [0.25, 0.3) is 0 Å². The second-order valence-electron chi connectivity index (χ2n) is 3.79. The number of allylic oxidation sites excluding steroid dienone is 2. The van der Waals surface area contributed by atoms with E-state index >= 15 is 0 Å². The third-order valence-electron chi connectivity index (χ3n) is 2.44. The molecule has 0 aliphatic heterocycles. The van der Waals surface area contributed by atoms with Crippen LogP contribution in [0.25, 0.3) is 12.2 Å². The van der Waals surface area contributed by atoms with Gasteiger partial charge in [-0.3, -0.25) is 0 Å². The molecule has 0 spiro atoms. The summed E-state index contributed by atoms with van der Waals surface area (Å²) in [6.07, 6.45) is 7.65. The molecule has 0 saturated heterocycles. The van der Waals surface area contributed by atoms with E-state index in [9.17, 15) is 4.39 Å². The van der Waals surface area contributed by atoms with Crippen molar-refractivity contribution in [2.75, 3.05) is 0 Å². The van der Waals surface area contributed by atoms with Crippen molar-refractivity contribution < 1.29 is 4.39 Å². The molecule has 0 unspecified atom stereocenters. The fourth-order valence-corrected chi connectivity index (χ4v) is 1.76. The second-order valence-corrected chi connectivity index (χ2v) is 4.20. The van der Waals surface area contributed by atoms with Crippen LogP contribution >= 0.6 is 11.6 Å². The smallest absolute Gasteiger partial charge is 0.124 e. The van der Waals surface area contributed by atoms with Gasteiger partial charge < -0.3 is 0 Å². The van der Waals surface area contributed by atoms with Gasteiger partial charge in [0.1, 0.15) is 5.82 Å². The molecule has 2 aromatic carbocycles. The Kier molecular flexibility index (Phi) is 4.32. The second kappa shape index (κ2) is 6.18. The first-order valence-electron chi connectivity index (χ1n) is 5.60. The number of rotatable bonds is 3. The average molecular weight is 259 g/mol. The van der Waals surface area contributed by atoms with Crippen molar-refractivity contribution in [1.82, 2.24) is 0 Å². The molecule has 0 saturated carbocycles. The fourth-order valence-electron chi connectivity index (χ4n) is 1.53. The van der Waals surface area contributed by atoms with Crippen molar-refractivity contribution in [1.29, 1.82) is 0 Å². The van der Waals surface area contributed by atoms with Crippen molar-refractivity contribution in [3.05, 3.63) is 82.6 Å². The minimum atomic E-state index is -0.322. The summed E-state index contributed by atoms with van der Waals surface area (Å²) in [6.45, 7) is 0.